The van der Waals surface area contributed by atoms with Crippen LogP contribution in [-0.2, 0) is 10.3 Å². The van der Waals surface area contributed by atoms with Crippen LogP contribution in [0, 0.1) is 0 Å². The van der Waals surface area contributed by atoms with Gasteiger partial charge < -0.3 is 15.0 Å². The van der Waals surface area contributed by atoms with Gasteiger partial charge in [0.15, 0.2) is 5.82 Å². The quantitative estimate of drug-likeness (QED) is 0.750. The zero-order chi connectivity index (χ0) is 12.2. The summed E-state index contributed by atoms with van der Waals surface area (Å²) in [5.74, 6) is 1.34. The number of aromatic nitrogens is 2. The molecule has 0 aliphatic rings. The van der Waals surface area contributed by atoms with Crippen LogP contribution in [0.1, 0.15) is 51.7 Å². The van der Waals surface area contributed by atoms with E-state index in [0.29, 0.717) is 24.9 Å². The summed E-state index contributed by atoms with van der Waals surface area (Å²) in [6.07, 6.45) is 0.972. The van der Waals surface area contributed by atoms with Gasteiger partial charge in [0.2, 0.25) is 5.89 Å². The van der Waals surface area contributed by atoms with Crippen LogP contribution in [0.25, 0.3) is 0 Å². The molecule has 1 unspecified atom stereocenters. The molecule has 0 saturated heterocycles. The number of nitrogens with zero attached hydrogens (tertiary/aromatic N) is 2. The Bertz CT molecular complexity index is 321. The lowest BCUT2D eigenvalue weighted by Gasteiger charge is -2.19. The highest BCUT2D eigenvalue weighted by Gasteiger charge is 2.28. The summed E-state index contributed by atoms with van der Waals surface area (Å²) in [6.45, 7) is 8.99. The minimum atomic E-state index is -0.689. The molecule has 0 saturated carbocycles. The second-order valence-corrected chi connectivity index (χ2v) is 4.58. The van der Waals surface area contributed by atoms with Crippen molar-refractivity contribution in [2.45, 2.75) is 45.6 Å². The summed E-state index contributed by atoms with van der Waals surface area (Å²) in [6, 6.07) is 0. The van der Waals surface area contributed by atoms with Crippen LogP contribution in [0.15, 0.2) is 4.52 Å². The van der Waals surface area contributed by atoms with E-state index in [2.05, 4.69) is 17.1 Å². The van der Waals surface area contributed by atoms with Crippen molar-refractivity contribution in [1.82, 2.24) is 10.1 Å². The Hall–Kier alpha value is -0.940. The predicted molar refractivity (Wildman–Crippen MR) is 61.0 cm³/mol. The fourth-order valence-corrected chi connectivity index (χ4v) is 1.19. The normalized spacial score (nSPS) is 15.4. The Morgan fingerprint density at radius 3 is 2.69 bits per heavy atom. The second-order valence-electron chi connectivity index (χ2n) is 4.58. The Morgan fingerprint density at radius 2 is 2.19 bits per heavy atom. The average molecular weight is 227 g/mol. The van der Waals surface area contributed by atoms with E-state index in [9.17, 15) is 0 Å². The monoisotopic (exact) mass is 227 g/mol. The van der Waals surface area contributed by atoms with Crippen LogP contribution in [0.2, 0.25) is 0 Å². The van der Waals surface area contributed by atoms with Crippen molar-refractivity contribution in [3.8, 4) is 0 Å². The van der Waals surface area contributed by atoms with E-state index in [1.54, 1.807) is 0 Å². The molecule has 92 valence electrons. The predicted octanol–water partition coefficient (Wildman–Crippen LogP) is 1.79. The molecular formula is C11H21N3O2. The van der Waals surface area contributed by atoms with Crippen molar-refractivity contribution in [3.05, 3.63) is 11.7 Å². The zero-order valence-corrected chi connectivity index (χ0v) is 10.5. The Kier molecular flexibility index (Phi) is 4.44. The Morgan fingerprint density at radius 1 is 1.50 bits per heavy atom. The highest BCUT2D eigenvalue weighted by molar-refractivity contribution is 5.03. The molecule has 0 spiro atoms. The van der Waals surface area contributed by atoms with Gasteiger partial charge in [0.25, 0.3) is 0 Å². The minimum Gasteiger partial charge on any atom is -0.379 e. The van der Waals surface area contributed by atoms with Crippen LogP contribution in [0.5, 0.6) is 0 Å². The van der Waals surface area contributed by atoms with Crippen molar-refractivity contribution in [2.24, 2.45) is 5.73 Å². The summed E-state index contributed by atoms with van der Waals surface area (Å²) < 4.78 is 10.5. The first-order chi connectivity index (χ1) is 7.47. The Labute approximate surface area is 96.4 Å². The van der Waals surface area contributed by atoms with Gasteiger partial charge in [-0.15, -0.1) is 0 Å². The summed E-state index contributed by atoms with van der Waals surface area (Å²) in [5, 5.41) is 3.90. The molecule has 0 aliphatic carbocycles. The topological polar surface area (TPSA) is 74.2 Å². The molecule has 0 fully saturated rings. The van der Waals surface area contributed by atoms with Gasteiger partial charge in [-0.25, -0.2) is 0 Å². The summed E-state index contributed by atoms with van der Waals surface area (Å²) in [4.78, 5) is 4.28. The van der Waals surface area contributed by atoms with Gasteiger partial charge in [0.1, 0.15) is 5.54 Å². The first kappa shape index (κ1) is 13.1. The molecule has 5 nitrogen and oxygen atoms in total. The average Bonchev–Trinajstić information content (AvgIpc) is 2.67. The van der Waals surface area contributed by atoms with Crippen molar-refractivity contribution >= 4 is 0 Å². The Balaban J connectivity index is 2.65. The van der Waals surface area contributed by atoms with Gasteiger partial charge in [-0.3, -0.25) is 0 Å². The molecule has 5 heteroatoms. The molecule has 0 bridgehead atoms. The van der Waals surface area contributed by atoms with Gasteiger partial charge in [-0.2, -0.15) is 4.98 Å². The first-order valence-electron chi connectivity index (χ1n) is 5.68. The SMILES string of the molecule is CCCOCC(C)(N)c1noc(C(C)C)n1. The molecule has 1 aromatic rings. The van der Waals surface area contributed by atoms with Crippen LogP contribution < -0.4 is 5.73 Å². The zero-order valence-electron chi connectivity index (χ0n) is 10.5. The second kappa shape index (κ2) is 5.41. The van der Waals surface area contributed by atoms with Crippen molar-refractivity contribution in [1.29, 1.82) is 0 Å². The van der Waals surface area contributed by atoms with E-state index in [1.165, 1.54) is 0 Å². The lowest BCUT2D eigenvalue weighted by Crippen LogP contribution is -2.39. The number of rotatable bonds is 6. The standard InChI is InChI=1S/C11H21N3O2/c1-5-6-15-7-11(4,12)10-13-9(8(2)3)16-14-10/h8H,5-7,12H2,1-4H3. The van der Waals surface area contributed by atoms with Gasteiger partial charge in [0.05, 0.1) is 6.61 Å². The van der Waals surface area contributed by atoms with Gasteiger partial charge in [-0.05, 0) is 13.3 Å². The van der Waals surface area contributed by atoms with Gasteiger partial charge in [0, 0.05) is 12.5 Å². The van der Waals surface area contributed by atoms with Crippen molar-refractivity contribution in [3.63, 3.8) is 0 Å². The summed E-state index contributed by atoms with van der Waals surface area (Å²) >= 11 is 0. The molecule has 0 radical (unpaired) electrons. The maximum absolute atomic E-state index is 6.08. The molecule has 0 aromatic carbocycles. The maximum atomic E-state index is 6.08. The van der Waals surface area contributed by atoms with Crippen LogP contribution >= 0.6 is 0 Å². The van der Waals surface area contributed by atoms with E-state index in [4.69, 9.17) is 15.0 Å². The molecule has 0 aliphatic heterocycles. The fourth-order valence-electron chi connectivity index (χ4n) is 1.19. The molecule has 16 heavy (non-hydrogen) atoms. The molecule has 1 rings (SSSR count). The van der Waals surface area contributed by atoms with E-state index in [-0.39, 0.29) is 5.92 Å². The number of hydrogen-bond donors (Lipinski definition) is 1. The summed E-state index contributed by atoms with van der Waals surface area (Å²) in [7, 11) is 0. The highest BCUT2D eigenvalue weighted by atomic mass is 16.5. The molecule has 2 N–H and O–H groups in total. The van der Waals surface area contributed by atoms with Gasteiger partial charge >= 0.3 is 0 Å². The lowest BCUT2D eigenvalue weighted by atomic mass is 10.1. The van der Waals surface area contributed by atoms with Gasteiger partial charge in [-0.1, -0.05) is 25.9 Å². The van der Waals surface area contributed by atoms with Crippen LogP contribution in [-0.4, -0.2) is 23.4 Å². The number of ether oxygens (including phenoxy) is 1. The van der Waals surface area contributed by atoms with E-state index < -0.39 is 5.54 Å². The van der Waals surface area contributed by atoms with E-state index in [1.807, 2.05) is 20.8 Å². The minimum absolute atomic E-state index is 0.216. The molecule has 0 amide bonds. The summed E-state index contributed by atoms with van der Waals surface area (Å²) in [5.41, 5.74) is 5.39. The van der Waals surface area contributed by atoms with Crippen molar-refractivity contribution < 1.29 is 9.26 Å². The first-order valence-corrected chi connectivity index (χ1v) is 5.68. The third-order valence-corrected chi connectivity index (χ3v) is 2.20. The highest BCUT2D eigenvalue weighted by Crippen LogP contribution is 2.18. The van der Waals surface area contributed by atoms with Crippen molar-refractivity contribution in [2.75, 3.05) is 13.2 Å². The lowest BCUT2D eigenvalue weighted by molar-refractivity contribution is 0.0867. The van der Waals surface area contributed by atoms with E-state index in [0.717, 1.165) is 6.42 Å². The largest absolute Gasteiger partial charge is 0.379 e. The molecule has 1 atom stereocenters. The maximum Gasteiger partial charge on any atom is 0.229 e. The van der Waals surface area contributed by atoms with E-state index >= 15 is 0 Å². The number of hydrogen-bond acceptors (Lipinski definition) is 5. The fraction of sp³-hybridized carbons (Fsp3) is 0.818. The molecule has 1 aromatic heterocycles. The number of nitrogens with two attached hydrogens (primary N) is 1. The van der Waals surface area contributed by atoms with Crippen LogP contribution in [0.4, 0.5) is 0 Å². The molecular weight excluding hydrogens is 206 g/mol. The van der Waals surface area contributed by atoms with Crippen LogP contribution in [0.3, 0.4) is 0 Å². The molecule has 1 heterocycles. The third-order valence-electron chi connectivity index (χ3n) is 2.20. The third kappa shape index (κ3) is 3.28. The smallest absolute Gasteiger partial charge is 0.229 e.